The van der Waals surface area contributed by atoms with Crippen LogP contribution < -0.4 is 10.3 Å². The average molecular weight is 430 g/mol. The third kappa shape index (κ3) is 3.89. The zero-order valence-corrected chi connectivity index (χ0v) is 17.3. The molecule has 0 aliphatic heterocycles. The molecule has 1 aromatic carbocycles. The number of benzene rings is 1. The van der Waals surface area contributed by atoms with Crippen LogP contribution in [0.15, 0.2) is 65.0 Å². The van der Waals surface area contributed by atoms with E-state index in [1.807, 2.05) is 0 Å². The third-order valence-corrected chi connectivity index (χ3v) is 6.40. The van der Waals surface area contributed by atoms with E-state index in [0.717, 1.165) is 35.2 Å². The number of hydrogen-bond donors (Lipinski definition) is 0. The number of nitrogens with zero attached hydrogens (tertiary/aromatic N) is 4. The van der Waals surface area contributed by atoms with Crippen LogP contribution in [-0.4, -0.2) is 26.8 Å². The molecule has 154 valence electrons. The van der Waals surface area contributed by atoms with E-state index in [1.54, 1.807) is 53.9 Å². The lowest BCUT2D eigenvalue weighted by atomic mass is 9.97. The van der Waals surface area contributed by atoms with Crippen LogP contribution in [0.5, 0.6) is 5.75 Å². The van der Waals surface area contributed by atoms with Gasteiger partial charge in [-0.3, -0.25) is 9.78 Å². The minimum absolute atomic E-state index is 0.136. The standard InChI is InChI=1S/C23H18N4O3S/c28-22-20-18-3-1-2-4-19(18)31-21(20)25-14-27(22)26-13-15-5-7-17(8-6-15)30-23(29)16-9-11-24-12-10-16/h5-14H,1-4H2/b26-13-. The number of rotatable bonds is 4. The molecule has 4 aromatic rings. The summed E-state index contributed by atoms with van der Waals surface area (Å²) in [5.41, 5.74) is 2.21. The molecule has 3 heterocycles. The van der Waals surface area contributed by atoms with Crippen LogP contribution >= 0.6 is 11.3 Å². The van der Waals surface area contributed by atoms with E-state index in [2.05, 4.69) is 15.1 Å². The number of fused-ring (bicyclic) bond motifs is 3. The summed E-state index contributed by atoms with van der Waals surface area (Å²) in [6, 6.07) is 10.1. The monoisotopic (exact) mass is 430 g/mol. The summed E-state index contributed by atoms with van der Waals surface area (Å²) in [6.45, 7) is 0. The van der Waals surface area contributed by atoms with E-state index in [0.29, 0.717) is 16.7 Å². The number of thiophene rings is 1. The molecule has 31 heavy (non-hydrogen) atoms. The number of aryl methyl sites for hydroxylation is 2. The highest BCUT2D eigenvalue weighted by molar-refractivity contribution is 7.18. The highest BCUT2D eigenvalue weighted by atomic mass is 32.1. The first-order chi connectivity index (χ1) is 15.2. The summed E-state index contributed by atoms with van der Waals surface area (Å²) in [5.74, 6) is -0.0297. The van der Waals surface area contributed by atoms with Gasteiger partial charge in [0.25, 0.3) is 5.56 Å². The van der Waals surface area contributed by atoms with Gasteiger partial charge < -0.3 is 4.74 Å². The molecule has 3 aromatic heterocycles. The summed E-state index contributed by atoms with van der Waals surface area (Å²) in [5, 5.41) is 5.01. The van der Waals surface area contributed by atoms with Gasteiger partial charge in [-0.1, -0.05) is 0 Å². The summed E-state index contributed by atoms with van der Waals surface area (Å²) in [4.78, 5) is 35.5. The number of ether oxygens (including phenoxy) is 1. The molecule has 0 saturated heterocycles. The van der Waals surface area contributed by atoms with Crippen molar-refractivity contribution in [2.75, 3.05) is 0 Å². The van der Waals surface area contributed by atoms with Crippen LogP contribution in [0.1, 0.15) is 39.2 Å². The van der Waals surface area contributed by atoms with Crippen LogP contribution in [-0.2, 0) is 12.8 Å². The minimum Gasteiger partial charge on any atom is -0.423 e. The smallest absolute Gasteiger partial charge is 0.343 e. The topological polar surface area (TPSA) is 86.4 Å². The molecule has 0 spiro atoms. The first-order valence-corrected chi connectivity index (χ1v) is 10.8. The fourth-order valence-electron chi connectivity index (χ4n) is 3.62. The zero-order valence-electron chi connectivity index (χ0n) is 16.5. The lowest BCUT2D eigenvalue weighted by molar-refractivity contribution is 0.0734. The summed E-state index contributed by atoms with van der Waals surface area (Å²) in [6.07, 6.45) is 10.4. The van der Waals surface area contributed by atoms with Crippen LogP contribution in [0.4, 0.5) is 0 Å². The maximum atomic E-state index is 12.9. The van der Waals surface area contributed by atoms with Gasteiger partial charge in [-0.15, -0.1) is 11.3 Å². The van der Waals surface area contributed by atoms with Gasteiger partial charge >= 0.3 is 5.97 Å². The van der Waals surface area contributed by atoms with Crippen molar-refractivity contribution in [3.8, 4) is 5.75 Å². The lowest BCUT2D eigenvalue weighted by Crippen LogP contribution is -2.18. The summed E-state index contributed by atoms with van der Waals surface area (Å²) < 4.78 is 6.63. The maximum absolute atomic E-state index is 12.9. The van der Waals surface area contributed by atoms with Gasteiger partial charge in [0.1, 0.15) is 16.9 Å². The highest BCUT2D eigenvalue weighted by Gasteiger charge is 2.19. The van der Waals surface area contributed by atoms with E-state index in [1.165, 1.54) is 34.7 Å². The van der Waals surface area contributed by atoms with Crippen molar-refractivity contribution in [3.05, 3.63) is 87.0 Å². The zero-order chi connectivity index (χ0) is 21.2. The molecule has 0 amide bonds. The number of hydrogen-bond acceptors (Lipinski definition) is 7. The van der Waals surface area contributed by atoms with Gasteiger partial charge in [-0.05, 0) is 73.2 Å². The molecule has 5 rings (SSSR count). The maximum Gasteiger partial charge on any atom is 0.343 e. The van der Waals surface area contributed by atoms with Crippen molar-refractivity contribution in [3.63, 3.8) is 0 Å². The largest absolute Gasteiger partial charge is 0.423 e. The fourth-order valence-corrected chi connectivity index (χ4v) is 4.84. The Hall–Kier alpha value is -3.65. The predicted octanol–water partition coefficient (Wildman–Crippen LogP) is 3.83. The fraction of sp³-hybridized carbons (Fsp3) is 0.174. The Morgan fingerprint density at radius 3 is 2.68 bits per heavy atom. The Kier molecular flexibility index (Phi) is 5.13. The van der Waals surface area contributed by atoms with Gasteiger partial charge in [-0.2, -0.15) is 9.78 Å². The Labute approximate surface area is 181 Å². The van der Waals surface area contributed by atoms with Crippen molar-refractivity contribution in [2.45, 2.75) is 25.7 Å². The van der Waals surface area contributed by atoms with Crippen molar-refractivity contribution in [1.82, 2.24) is 14.6 Å². The molecule has 8 heteroatoms. The molecular weight excluding hydrogens is 412 g/mol. The third-order valence-electron chi connectivity index (χ3n) is 5.20. The van der Waals surface area contributed by atoms with E-state index in [4.69, 9.17) is 4.74 Å². The van der Waals surface area contributed by atoms with Crippen molar-refractivity contribution in [2.24, 2.45) is 5.10 Å². The first-order valence-electron chi connectivity index (χ1n) is 9.97. The molecule has 7 nitrogen and oxygen atoms in total. The Bertz CT molecular complexity index is 1340. The molecule has 0 unspecified atom stereocenters. The quantitative estimate of drug-likeness (QED) is 0.279. The average Bonchev–Trinajstić information content (AvgIpc) is 3.19. The van der Waals surface area contributed by atoms with Crippen molar-refractivity contribution >= 4 is 33.7 Å². The van der Waals surface area contributed by atoms with Crippen LogP contribution in [0, 0.1) is 0 Å². The van der Waals surface area contributed by atoms with Gasteiger partial charge in [0.2, 0.25) is 0 Å². The number of carbonyl (C=O) groups is 1. The number of pyridine rings is 1. The second-order valence-electron chi connectivity index (χ2n) is 7.22. The predicted molar refractivity (Wildman–Crippen MR) is 119 cm³/mol. The van der Waals surface area contributed by atoms with Crippen molar-refractivity contribution in [1.29, 1.82) is 0 Å². The van der Waals surface area contributed by atoms with Crippen LogP contribution in [0.25, 0.3) is 10.2 Å². The van der Waals surface area contributed by atoms with Gasteiger partial charge in [0.15, 0.2) is 0 Å². The van der Waals surface area contributed by atoms with E-state index < -0.39 is 5.97 Å². The highest BCUT2D eigenvalue weighted by Crippen LogP contribution is 2.33. The Morgan fingerprint density at radius 2 is 1.87 bits per heavy atom. The van der Waals surface area contributed by atoms with Gasteiger partial charge in [0, 0.05) is 17.3 Å². The van der Waals surface area contributed by atoms with Crippen LogP contribution in [0.3, 0.4) is 0 Å². The molecule has 0 radical (unpaired) electrons. The number of carbonyl (C=O) groups excluding carboxylic acids is 1. The molecule has 0 saturated carbocycles. The SMILES string of the molecule is O=C(Oc1ccc(/C=N\n2cnc3sc4c(c3c2=O)CCCC4)cc1)c1ccncc1. The molecule has 0 fully saturated rings. The summed E-state index contributed by atoms with van der Waals surface area (Å²) >= 11 is 1.62. The molecule has 0 atom stereocenters. The normalized spacial score (nSPS) is 13.4. The van der Waals surface area contributed by atoms with E-state index in [-0.39, 0.29) is 5.56 Å². The Morgan fingerprint density at radius 1 is 1.10 bits per heavy atom. The molecule has 1 aliphatic rings. The molecule has 0 bridgehead atoms. The summed E-state index contributed by atoms with van der Waals surface area (Å²) in [7, 11) is 0. The minimum atomic E-state index is -0.450. The van der Waals surface area contributed by atoms with E-state index >= 15 is 0 Å². The van der Waals surface area contributed by atoms with Gasteiger partial charge in [-0.25, -0.2) is 9.78 Å². The van der Waals surface area contributed by atoms with Crippen LogP contribution in [0.2, 0.25) is 0 Å². The van der Waals surface area contributed by atoms with E-state index in [9.17, 15) is 9.59 Å². The molecule has 1 aliphatic carbocycles. The number of esters is 1. The first kappa shape index (κ1) is 19.3. The van der Waals surface area contributed by atoms with Crippen molar-refractivity contribution < 1.29 is 9.53 Å². The second kappa shape index (κ2) is 8.23. The number of aromatic nitrogens is 3. The molecular formula is C23H18N4O3S. The molecule has 0 N–H and O–H groups in total. The lowest BCUT2D eigenvalue weighted by Gasteiger charge is -2.09. The second-order valence-corrected chi connectivity index (χ2v) is 8.31. The van der Waals surface area contributed by atoms with Gasteiger partial charge in [0.05, 0.1) is 17.2 Å². The Balaban J connectivity index is 1.35.